The zero-order valence-corrected chi connectivity index (χ0v) is 12.6. The Morgan fingerprint density at radius 1 is 1.24 bits per heavy atom. The Bertz CT molecular complexity index is 427. The van der Waals surface area contributed by atoms with Crippen molar-refractivity contribution in [1.29, 1.82) is 0 Å². The van der Waals surface area contributed by atoms with Crippen LogP contribution in [0.15, 0.2) is 18.2 Å². The molecule has 4 nitrogen and oxygen atoms in total. The van der Waals surface area contributed by atoms with Crippen molar-refractivity contribution in [3.63, 3.8) is 0 Å². The third-order valence-electron chi connectivity index (χ3n) is 3.26. The molecule has 1 rings (SSSR count). The molecule has 0 aliphatic rings. The number of alkyl halides is 2. The maximum absolute atomic E-state index is 12.4. The molecule has 2 N–H and O–H groups in total. The van der Waals surface area contributed by atoms with Crippen LogP contribution in [0, 0.1) is 5.92 Å². The van der Waals surface area contributed by atoms with E-state index in [1.807, 2.05) is 0 Å². The third-order valence-corrected chi connectivity index (χ3v) is 3.26. The van der Waals surface area contributed by atoms with Gasteiger partial charge in [0.25, 0.3) is 0 Å². The van der Waals surface area contributed by atoms with Gasteiger partial charge in [-0.15, -0.1) is 0 Å². The summed E-state index contributed by atoms with van der Waals surface area (Å²) in [7, 11) is 1.40. The van der Waals surface area contributed by atoms with Crippen LogP contribution in [0.1, 0.15) is 25.8 Å². The summed E-state index contributed by atoms with van der Waals surface area (Å²) < 4.78 is 34.2. The predicted molar refractivity (Wildman–Crippen MR) is 76.8 cm³/mol. The van der Waals surface area contributed by atoms with E-state index in [9.17, 15) is 8.78 Å². The van der Waals surface area contributed by atoms with Crippen LogP contribution in [-0.2, 0) is 6.54 Å². The Kier molecular flexibility index (Phi) is 7.39. The monoisotopic (exact) mass is 303 g/mol. The van der Waals surface area contributed by atoms with Gasteiger partial charge in [-0.2, -0.15) is 8.78 Å². The lowest BCUT2D eigenvalue weighted by Gasteiger charge is -2.22. The molecule has 0 saturated carbocycles. The normalized spacial score (nSPS) is 12.8. The molecule has 120 valence electrons. The maximum atomic E-state index is 12.4. The first-order valence-electron chi connectivity index (χ1n) is 6.93. The number of halogens is 2. The number of methoxy groups -OCH3 is 1. The lowest BCUT2D eigenvalue weighted by Crippen LogP contribution is -2.34. The SMILES string of the molecule is COc1ccc(CNC(CCO)C(C)C)cc1OC(F)F. The maximum Gasteiger partial charge on any atom is 0.387 e. The predicted octanol–water partition coefficient (Wildman–Crippen LogP) is 2.79. The van der Waals surface area contributed by atoms with Crippen LogP contribution in [-0.4, -0.2) is 31.5 Å². The van der Waals surface area contributed by atoms with Crippen molar-refractivity contribution in [1.82, 2.24) is 5.32 Å². The first kappa shape index (κ1) is 17.7. The zero-order valence-electron chi connectivity index (χ0n) is 12.6. The van der Waals surface area contributed by atoms with Crippen molar-refractivity contribution in [2.24, 2.45) is 5.92 Å². The summed E-state index contributed by atoms with van der Waals surface area (Å²) in [5, 5.41) is 12.3. The summed E-state index contributed by atoms with van der Waals surface area (Å²) in [5.41, 5.74) is 0.815. The van der Waals surface area contributed by atoms with Gasteiger partial charge < -0.3 is 19.9 Å². The van der Waals surface area contributed by atoms with Crippen molar-refractivity contribution >= 4 is 0 Å². The second-order valence-corrected chi connectivity index (χ2v) is 5.11. The Labute approximate surface area is 124 Å². The number of aliphatic hydroxyl groups is 1. The lowest BCUT2D eigenvalue weighted by molar-refractivity contribution is -0.0512. The number of hydrogen-bond donors (Lipinski definition) is 2. The van der Waals surface area contributed by atoms with Gasteiger partial charge in [0, 0.05) is 19.2 Å². The molecule has 21 heavy (non-hydrogen) atoms. The molecule has 1 aromatic carbocycles. The zero-order chi connectivity index (χ0) is 15.8. The molecule has 0 heterocycles. The van der Waals surface area contributed by atoms with Gasteiger partial charge in [-0.05, 0) is 30.0 Å². The van der Waals surface area contributed by atoms with Crippen molar-refractivity contribution < 1.29 is 23.4 Å². The van der Waals surface area contributed by atoms with Gasteiger partial charge in [-0.25, -0.2) is 0 Å². The van der Waals surface area contributed by atoms with Crippen molar-refractivity contribution in [3.8, 4) is 11.5 Å². The molecule has 0 amide bonds. The molecule has 0 aliphatic heterocycles. The highest BCUT2D eigenvalue weighted by molar-refractivity contribution is 5.43. The topological polar surface area (TPSA) is 50.7 Å². The van der Waals surface area contributed by atoms with Crippen LogP contribution in [0.25, 0.3) is 0 Å². The molecule has 0 fully saturated rings. The van der Waals surface area contributed by atoms with Crippen LogP contribution in [0.3, 0.4) is 0 Å². The Morgan fingerprint density at radius 2 is 1.95 bits per heavy atom. The van der Waals surface area contributed by atoms with Gasteiger partial charge in [0.1, 0.15) is 0 Å². The molecule has 0 aromatic heterocycles. The molecule has 6 heteroatoms. The molecule has 0 bridgehead atoms. The van der Waals surface area contributed by atoms with Crippen LogP contribution < -0.4 is 14.8 Å². The fraction of sp³-hybridized carbons (Fsp3) is 0.600. The molecular weight excluding hydrogens is 280 g/mol. The lowest BCUT2D eigenvalue weighted by atomic mass is 10.0. The summed E-state index contributed by atoms with van der Waals surface area (Å²) in [6.45, 7) is 1.85. The van der Waals surface area contributed by atoms with Gasteiger partial charge in [0.15, 0.2) is 11.5 Å². The molecule has 0 spiro atoms. The molecule has 0 radical (unpaired) electrons. The number of hydrogen-bond acceptors (Lipinski definition) is 4. The summed E-state index contributed by atoms with van der Waals surface area (Å²) in [4.78, 5) is 0. The van der Waals surface area contributed by atoms with E-state index >= 15 is 0 Å². The van der Waals surface area contributed by atoms with Gasteiger partial charge in [-0.3, -0.25) is 0 Å². The van der Waals surface area contributed by atoms with Crippen LogP contribution in [0.2, 0.25) is 0 Å². The third kappa shape index (κ3) is 5.85. The highest BCUT2D eigenvalue weighted by atomic mass is 19.3. The van der Waals surface area contributed by atoms with E-state index in [0.717, 1.165) is 5.56 Å². The summed E-state index contributed by atoms with van der Waals surface area (Å²) in [6.07, 6.45) is 0.647. The molecule has 1 aromatic rings. The summed E-state index contributed by atoms with van der Waals surface area (Å²) in [5.74, 6) is 0.664. The molecule has 0 aliphatic carbocycles. The standard InChI is InChI=1S/C15H23F2NO3/c1-10(2)12(6-7-19)18-9-11-4-5-13(20-3)14(8-11)21-15(16)17/h4-5,8,10,12,15,18-19H,6-7,9H2,1-3H3. The second kappa shape index (κ2) is 8.79. The van der Waals surface area contributed by atoms with Gasteiger partial charge in [0.2, 0.25) is 0 Å². The minimum absolute atomic E-state index is 0.0232. The Balaban J connectivity index is 2.74. The van der Waals surface area contributed by atoms with E-state index in [2.05, 4.69) is 23.9 Å². The second-order valence-electron chi connectivity index (χ2n) is 5.11. The Morgan fingerprint density at radius 3 is 2.48 bits per heavy atom. The van der Waals surface area contributed by atoms with Crippen molar-refractivity contribution in [2.75, 3.05) is 13.7 Å². The molecule has 1 unspecified atom stereocenters. The summed E-state index contributed by atoms with van der Waals surface area (Å²) >= 11 is 0. The average Bonchev–Trinajstić information content (AvgIpc) is 2.42. The van der Waals surface area contributed by atoms with E-state index in [4.69, 9.17) is 9.84 Å². The van der Waals surface area contributed by atoms with Gasteiger partial charge in [0.05, 0.1) is 7.11 Å². The van der Waals surface area contributed by atoms with Crippen molar-refractivity contribution in [3.05, 3.63) is 23.8 Å². The number of rotatable bonds is 9. The molecule has 0 saturated heterocycles. The van der Waals surface area contributed by atoms with E-state index in [0.29, 0.717) is 18.9 Å². The fourth-order valence-electron chi connectivity index (χ4n) is 2.08. The van der Waals surface area contributed by atoms with E-state index in [1.165, 1.54) is 13.2 Å². The van der Waals surface area contributed by atoms with E-state index < -0.39 is 6.61 Å². The largest absolute Gasteiger partial charge is 0.493 e. The fourth-order valence-corrected chi connectivity index (χ4v) is 2.08. The van der Waals surface area contributed by atoms with Crippen LogP contribution >= 0.6 is 0 Å². The van der Waals surface area contributed by atoms with Gasteiger partial charge >= 0.3 is 6.61 Å². The first-order valence-corrected chi connectivity index (χ1v) is 6.93. The quantitative estimate of drug-likeness (QED) is 0.736. The van der Waals surface area contributed by atoms with E-state index in [1.54, 1.807) is 12.1 Å². The number of benzene rings is 1. The minimum Gasteiger partial charge on any atom is -0.493 e. The molecular formula is C15H23F2NO3. The smallest absolute Gasteiger partial charge is 0.387 e. The minimum atomic E-state index is -2.89. The highest BCUT2D eigenvalue weighted by Crippen LogP contribution is 2.29. The van der Waals surface area contributed by atoms with E-state index in [-0.39, 0.29) is 24.1 Å². The number of nitrogens with one attached hydrogen (secondary N) is 1. The molecule has 1 atom stereocenters. The van der Waals surface area contributed by atoms with Gasteiger partial charge in [-0.1, -0.05) is 19.9 Å². The van der Waals surface area contributed by atoms with Crippen LogP contribution in [0.5, 0.6) is 11.5 Å². The Hall–Kier alpha value is -1.40. The van der Waals surface area contributed by atoms with Crippen molar-refractivity contribution in [2.45, 2.75) is 39.5 Å². The summed E-state index contributed by atoms with van der Waals surface area (Å²) in [6, 6.07) is 5.09. The average molecular weight is 303 g/mol. The first-order chi connectivity index (χ1) is 9.97. The number of aliphatic hydroxyl groups excluding tert-OH is 1. The number of ether oxygens (including phenoxy) is 2. The highest BCUT2D eigenvalue weighted by Gasteiger charge is 2.14. The van der Waals surface area contributed by atoms with Crippen LogP contribution in [0.4, 0.5) is 8.78 Å².